The molecule has 0 heterocycles. The van der Waals surface area contributed by atoms with Crippen molar-refractivity contribution >= 4 is 23.5 Å². The lowest BCUT2D eigenvalue weighted by Crippen LogP contribution is -2.34. The molecular weight excluding hydrogens is 260 g/mol. The van der Waals surface area contributed by atoms with Crippen LogP contribution in [0.2, 0.25) is 0 Å². The smallest absolute Gasteiger partial charge is 0.325 e. The Bertz CT molecular complexity index is 528. The molecule has 1 aromatic carbocycles. The van der Waals surface area contributed by atoms with E-state index >= 15 is 0 Å². The maximum absolute atomic E-state index is 12.3. The van der Waals surface area contributed by atoms with Crippen molar-refractivity contribution in [3.63, 3.8) is 0 Å². The van der Waals surface area contributed by atoms with Crippen LogP contribution in [0.15, 0.2) is 24.3 Å². The van der Waals surface area contributed by atoms with Gasteiger partial charge in [-0.05, 0) is 12.1 Å². The van der Waals surface area contributed by atoms with Crippen molar-refractivity contribution in [3.05, 3.63) is 29.8 Å². The van der Waals surface area contributed by atoms with Crippen LogP contribution in [0.25, 0.3) is 0 Å². The summed E-state index contributed by atoms with van der Waals surface area (Å²) in [7, 11) is 4.36. The predicted molar refractivity (Wildman–Crippen MR) is 74.5 cm³/mol. The van der Waals surface area contributed by atoms with Crippen LogP contribution in [0.5, 0.6) is 0 Å². The molecule has 6 heteroatoms. The Hall–Kier alpha value is -2.37. The van der Waals surface area contributed by atoms with Gasteiger partial charge in [0.25, 0.3) is 5.91 Å². The summed E-state index contributed by atoms with van der Waals surface area (Å²) >= 11 is 0. The van der Waals surface area contributed by atoms with E-state index in [-0.39, 0.29) is 18.4 Å². The van der Waals surface area contributed by atoms with Crippen LogP contribution < -0.4 is 4.90 Å². The number of carbonyl (C=O) groups excluding carboxylic acids is 3. The topological polar surface area (TPSA) is 66.9 Å². The number of benzene rings is 1. The number of para-hydroxylation sites is 1. The minimum Gasteiger partial charge on any atom is -0.468 e. The van der Waals surface area contributed by atoms with Crippen molar-refractivity contribution < 1.29 is 19.1 Å². The number of hydrogen-bond acceptors (Lipinski definition) is 4. The summed E-state index contributed by atoms with van der Waals surface area (Å²) in [6.07, 6.45) is 0. The molecule has 0 N–H and O–H groups in total. The number of carbonyl (C=O) groups is 3. The van der Waals surface area contributed by atoms with Crippen molar-refractivity contribution in [1.82, 2.24) is 4.90 Å². The largest absolute Gasteiger partial charge is 0.468 e. The molecule has 0 unspecified atom stereocenters. The lowest BCUT2D eigenvalue weighted by Gasteiger charge is -2.22. The second-order valence-corrected chi connectivity index (χ2v) is 4.33. The first-order valence-corrected chi connectivity index (χ1v) is 6.04. The van der Waals surface area contributed by atoms with Crippen LogP contribution in [-0.2, 0) is 14.3 Å². The van der Waals surface area contributed by atoms with E-state index in [1.54, 1.807) is 31.3 Å². The van der Waals surface area contributed by atoms with Crippen LogP contribution in [0.3, 0.4) is 0 Å². The zero-order chi connectivity index (χ0) is 15.3. The van der Waals surface area contributed by atoms with Gasteiger partial charge in [0.2, 0.25) is 5.91 Å². The molecular formula is C14H18N2O4. The van der Waals surface area contributed by atoms with Crippen LogP contribution >= 0.6 is 0 Å². The van der Waals surface area contributed by atoms with E-state index in [0.717, 1.165) is 0 Å². The molecule has 0 radical (unpaired) electrons. The minimum atomic E-state index is -0.502. The predicted octanol–water partition coefficient (Wildman–Crippen LogP) is 0.914. The highest BCUT2D eigenvalue weighted by Gasteiger charge is 2.20. The van der Waals surface area contributed by atoms with Gasteiger partial charge < -0.3 is 14.5 Å². The lowest BCUT2D eigenvalue weighted by atomic mass is 10.1. The van der Waals surface area contributed by atoms with Crippen LogP contribution in [0, 0.1) is 0 Å². The first-order chi connectivity index (χ1) is 9.38. The number of esters is 1. The third kappa shape index (κ3) is 3.57. The highest BCUT2D eigenvalue weighted by atomic mass is 16.5. The van der Waals surface area contributed by atoms with Crippen molar-refractivity contribution in [2.75, 3.05) is 32.6 Å². The number of hydrogen-bond donors (Lipinski definition) is 0. The average Bonchev–Trinajstić information content (AvgIpc) is 2.45. The second-order valence-electron chi connectivity index (χ2n) is 4.33. The molecule has 0 fully saturated rings. The Morgan fingerprint density at radius 3 is 2.30 bits per heavy atom. The number of rotatable bonds is 4. The summed E-state index contributed by atoms with van der Waals surface area (Å²) in [5, 5.41) is 0. The van der Waals surface area contributed by atoms with Gasteiger partial charge in [-0.25, -0.2) is 0 Å². The Labute approximate surface area is 117 Å². The Morgan fingerprint density at radius 1 is 1.15 bits per heavy atom. The van der Waals surface area contributed by atoms with E-state index in [1.807, 2.05) is 0 Å². The van der Waals surface area contributed by atoms with Gasteiger partial charge in [-0.2, -0.15) is 0 Å². The molecule has 1 aromatic rings. The van der Waals surface area contributed by atoms with Gasteiger partial charge in [0.05, 0.1) is 18.4 Å². The maximum atomic E-state index is 12.3. The number of amides is 2. The summed E-state index contributed by atoms with van der Waals surface area (Å²) in [6.45, 7) is 1.27. The Balaban J connectivity index is 3.04. The molecule has 0 bridgehead atoms. The third-order valence-corrected chi connectivity index (χ3v) is 2.91. The molecule has 20 heavy (non-hydrogen) atoms. The van der Waals surface area contributed by atoms with Crippen molar-refractivity contribution in [2.24, 2.45) is 0 Å². The van der Waals surface area contributed by atoms with Gasteiger partial charge in [-0.1, -0.05) is 12.1 Å². The number of methoxy groups -OCH3 is 1. The Kier molecular flexibility index (Phi) is 5.25. The number of ether oxygens (including phenoxy) is 1. The van der Waals surface area contributed by atoms with E-state index < -0.39 is 5.97 Å². The Morgan fingerprint density at radius 2 is 1.75 bits per heavy atom. The number of likely N-dealkylation sites (N-methyl/N-ethyl adjacent to an activating group) is 1. The van der Waals surface area contributed by atoms with Gasteiger partial charge in [0.15, 0.2) is 0 Å². The molecule has 108 valence electrons. The fraction of sp³-hybridized carbons (Fsp3) is 0.357. The SMILES string of the molecule is COC(=O)CN(C)C(=O)c1ccccc1N(C)C(C)=O. The lowest BCUT2D eigenvalue weighted by molar-refractivity contribution is -0.141. The van der Waals surface area contributed by atoms with Crippen molar-refractivity contribution in [1.29, 1.82) is 0 Å². The molecule has 0 aliphatic rings. The zero-order valence-electron chi connectivity index (χ0n) is 12.0. The standard InChI is InChI=1S/C14H18N2O4/c1-10(17)16(3)12-8-6-5-7-11(12)14(19)15(2)9-13(18)20-4/h5-8H,9H2,1-4H3. The van der Waals surface area contributed by atoms with E-state index in [0.29, 0.717) is 11.3 Å². The number of nitrogens with zero attached hydrogens (tertiary/aromatic N) is 2. The van der Waals surface area contributed by atoms with E-state index in [2.05, 4.69) is 4.74 Å². The molecule has 6 nitrogen and oxygen atoms in total. The molecule has 1 rings (SSSR count). The van der Waals surface area contributed by atoms with Gasteiger partial charge in [-0.15, -0.1) is 0 Å². The molecule has 0 saturated carbocycles. The molecule has 0 aromatic heterocycles. The van der Waals surface area contributed by atoms with Crippen molar-refractivity contribution in [2.45, 2.75) is 6.92 Å². The summed E-state index contributed by atoms with van der Waals surface area (Å²) in [5.41, 5.74) is 0.860. The quantitative estimate of drug-likeness (QED) is 0.768. The van der Waals surface area contributed by atoms with E-state index in [1.165, 1.54) is 30.9 Å². The monoisotopic (exact) mass is 278 g/mol. The first kappa shape index (κ1) is 15.7. The summed E-state index contributed by atoms with van der Waals surface area (Å²) in [6, 6.07) is 6.74. The summed E-state index contributed by atoms with van der Waals surface area (Å²) < 4.78 is 4.53. The van der Waals surface area contributed by atoms with Gasteiger partial charge in [0, 0.05) is 21.0 Å². The number of anilines is 1. The fourth-order valence-electron chi connectivity index (χ4n) is 1.65. The van der Waals surface area contributed by atoms with Gasteiger partial charge in [0.1, 0.15) is 6.54 Å². The van der Waals surface area contributed by atoms with Gasteiger partial charge >= 0.3 is 5.97 Å². The average molecular weight is 278 g/mol. The van der Waals surface area contributed by atoms with E-state index in [9.17, 15) is 14.4 Å². The van der Waals surface area contributed by atoms with Crippen LogP contribution in [0.1, 0.15) is 17.3 Å². The van der Waals surface area contributed by atoms with Crippen LogP contribution in [0.4, 0.5) is 5.69 Å². The third-order valence-electron chi connectivity index (χ3n) is 2.91. The molecule has 0 saturated heterocycles. The molecule has 0 aliphatic carbocycles. The fourth-order valence-corrected chi connectivity index (χ4v) is 1.65. The normalized spacial score (nSPS) is 9.80. The molecule has 0 atom stereocenters. The van der Waals surface area contributed by atoms with Crippen LogP contribution in [-0.4, -0.2) is 50.4 Å². The summed E-state index contributed by atoms with van der Waals surface area (Å²) in [4.78, 5) is 37.6. The highest BCUT2D eigenvalue weighted by molar-refractivity contribution is 6.04. The molecule has 2 amide bonds. The molecule has 0 spiro atoms. The van der Waals surface area contributed by atoms with Crippen molar-refractivity contribution in [3.8, 4) is 0 Å². The summed E-state index contributed by atoms with van der Waals surface area (Å²) in [5.74, 6) is -1.03. The zero-order valence-corrected chi connectivity index (χ0v) is 12.0. The highest BCUT2D eigenvalue weighted by Crippen LogP contribution is 2.20. The molecule has 0 aliphatic heterocycles. The van der Waals surface area contributed by atoms with Gasteiger partial charge in [-0.3, -0.25) is 14.4 Å². The van der Waals surface area contributed by atoms with E-state index in [4.69, 9.17) is 0 Å². The second kappa shape index (κ2) is 6.70. The first-order valence-electron chi connectivity index (χ1n) is 6.04. The maximum Gasteiger partial charge on any atom is 0.325 e. The minimum absolute atomic E-state index is 0.145.